The van der Waals surface area contributed by atoms with Crippen molar-refractivity contribution in [3.8, 4) is 0 Å². The monoisotopic (exact) mass is 464 g/mol. The minimum atomic E-state index is -1.11. The number of benzene rings is 1. The molecule has 0 aromatic heterocycles. The van der Waals surface area contributed by atoms with Gasteiger partial charge in [-0.1, -0.05) is 56.2 Å². The Morgan fingerprint density at radius 3 is 2.64 bits per heavy atom. The summed E-state index contributed by atoms with van der Waals surface area (Å²) in [6.45, 7) is 7.12. The van der Waals surface area contributed by atoms with Crippen molar-refractivity contribution < 1.29 is 13.7 Å². The van der Waals surface area contributed by atoms with Crippen molar-refractivity contribution in [2.24, 2.45) is 28.6 Å². The predicted molar refractivity (Wildman–Crippen MR) is 133 cm³/mol. The van der Waals surface area contributed by atoms with Crippen molar-refractivity contribution >= 4 is 16.6 Å². The van der Waals surface area contributed by atoms with E-state index in [4.69, 9.17) is 4.74 Å². The van der Waals surface area contributed by atoms with E-state index >= 15 is 0 Å². The van der Waals surface area contributed by atoms with E-state index in [-0.39, 0.29) is 10.8 Å². The maximum Gasteiger partial charge on any atom is 0.155 e. The SMILES string of the molecule is COC(CS(=O)c1ccccc1)=C1CC[C@H]2[C@@H]3CC(C)C4=CC(=O)CC[C@]4(C)C3=CC[C@]12C. The Morgan fingerprint density at radius 1 is 1.15 bits per heavy atom. The summed E-state index contributed by atoms with van der Waals surface area (Å²) in [7, 11) is 0.634. The van der Waals surface area contributed by atoms with Crippen molar-refractivity contribution in [2.45, 2.75) is 64.2 Å². The third-order valence-corrected chi connectivity index (χ3v) is 10.6. The van der Waals surface area contributed by atoms with Crippen molar-refractivity contribution in [1.82, 2.24) is 0 Å². The number of carbonyl (C=O) groups is 1. The summed E-state index contributed by atoms with van der Waals surface area (Å²) in [6, 6.07) is 9.72. The normalized spacial score (nSPS) is 37.8. The third kappa shape index (κ3) is 3.60. The van der Waals surface area contributed by atoms with Gasteiger partial charge < -0.3 is 4.74 Å². The van der Waals surface area contributed by atoms with Crippen LogP contribution in [0.5, 0.6) is 0 Å². The van der Waals surface area contributed by atoms with Crippen LogP contribution < -0.4 is 0 Å². The van der Waals surface area contributed by atoms with Gasteiger partial charge in [-0.3, -0.25) is 9.00 Å². The fourth-order valence-corrected chi connectivity index (χ4v) is 8.75. The number of ketones is 1. The number of methoxy groups -OCH3 is 1. The average Bonchev–Trinajstić information content (AvgIpc) is 3.16. The van der Waals surface area contributed by atoms with Crippen LogP contribution in [0, 0.1) is 28.6 Å². The van der Waals surface area contributed by atoms with Crippen LogP contribution in [0.1, 0.15) is 59.3 Å². The van der Waals surface area contributed by atoms with Gasteiger partial charge in [-0.15, -0.1) is 0 Å². The molecule has 0 amide bonds. The zero-order chi connectivity index (χ0) is 23.4. The lowest BCUT2D eigenvalue weighted by molar-refractivity contribution is -0.115. The van der Waals surface area contributed by atoms with Crippen molar-refractivity contribution in [1.29, 1.82) is 0 Å². The summed E-state index contributed by atoms with van der Waals surface area (Å²) in [5, 5.41) is 0. The standard InChI is InChI=1S/C29H36O3S/c1-19-16-22-23-10-11-25(27(32-4)18-33(31)21-8-6-5-7-9-21)28(23,2)15-13-24(22)29(3)14-12-20(30)17-26(19)29/h5-9,13,17,19,22-23H,10-12,14-16,18H2,1-4H3/t19?,22-,23-,28-,29+,33?/m0/s1. The molecule has 176 valence electrons. The minimum absolute atomic E-state index is 0.0446. The molecule has 0 bridgehead atoms. The van der Waals surface area contributed by atoms with E-state index in [2.05, 4.69) is 26.8 Å². The quantitative estimate of drug-likeness (QED) is 0.383. The molecule has 2 saturated carbocycles. The molecular formula is C29H36O3S. The molecule has 1 aromatic rings. The van der Waals surface area contributed by atoms with Crippen molar-refractivity contribution in [2.75, 3.05) is 12.9 Å². The average molecular weight is 465 g/mol. The van der Waals surface area contributed by atoms with Crippen LogP contribution in [0.3, 0.4) is 0 Å². The van der Waals surface area contributed by atoms with Gasteiger partial charge in [0, 0.05) is 16.7 Å². The number of hydrogen-bond donors (Lipinski definition) is 0. The number of rotatable bonds is 4. The maximum absolute atomic E-state index is 13.1. The van der Waals surface area contributed by atoms with E-state index in [1.807, 2.05) is 36.4 Å². The highest BCUT2D eigenvalue weighted by atomic mass is 32.2. The zero-order valence-corrected chi connectivity index (χ0v) is 21.2. The van der Waals surface area contributed by atoms with Gasteiger partial charge in [-0.25, -0.2) is 0 Å². The van der Waals surface area contributed by atoms with Crippen LogP contribution in [-0.2, 0) is 20.3 Å². The van der Waals surface area contributed by atoms with Crippen LogP contribution in [0.15, 0.2) is 69.9 Å². The van der Waals surface area contributed by atoms with E-state index in [0.717, 1.165) is 36.3 Å². The van der Waals surface area contributed by atoms with E-state index in [9.17, 15) is 9.00 Å². The van der Waals surface area contributed by atoms with Crippen LogP contribution >= 0.6 is 0 Å². The molecular weight excluding hydrogens is 428 g/mol. The smallest absolute Gasteiger partial charge is 0.155 e. The molecule has 4 heteroatoms. The van der Waals surface area contributed by atoms with Crippen molar-refractivity contribution in [3.05, 3.63) is 65.0 Å². The Balaban J connectivity index is 1.49. The summed E-state index contributed by atoms with van der Waals surface area (Å²) in [5.74, 6) is 3.27. The van der Waals surface area contributed by atoms with Crippen LogP contribution in [0.4, 0.5) is 0 Å². The number of allylic oxidation sites excluding steroid dienone is 5. The summed E-state index contributed by atoms with van der Waals surface area (Å²) >= 11 is 0. The second kappa shape index (κ2) is 8.37. The van der Waals surface area contributed by atoms with Crippen LogP contribution in [-0.4, -0.2) is 22.9 Å². The molecule has 0 saturated heterocycles. The molecule has 33 heavy (non-hydrogen) atoms. The van der Waals surface area contributed by atoms with E-state index in [1.54, 1.807) is 12.7 Å². The molecule has 1 aromatic carbocycles. The Kier molecular flexibility index (Phi) is 5.79. The van der Waals surface area contributed by atoms with Gasteiger partial charge in [0.2, 0.25) is 0 Å². The molecule has 6 atom stereocenters. The van der Waals surface area contributed by atoms with Gasteiger partial charge in [0.15, 0.2) is 5.78 Å². The first-order valence-electron chi connectivity index (χ1n) is 12.4. The van der Waals surface area contributed by atoms with Gasteiger partial charge in [0.05, 0.1) is 23.7 Å². The third-order valence-electron chi connectivity index (χ3n) is 9.30. The molecule has 0 N–H and O–H groups in total. The Morgan fingerprint density at radius 2 is 1.91 bits per heavy atom. The van der Waals surface area contributed by atoms with Gasteiger partial charge in [0.25, 0.3) is 0 Å². The fourth-order valence-electron chi connectivity index (χ4n) is 7.59. The summed E-state index contributed by atoms with van der Waals surface area (Å²) in [6.07, 6.45) is 10.4. The molecule has 3 nitrogen and oxygen atoms in total. The Labute approximate surface area is 200 Å². The van der Waals surface area contributed by atoms with E-state index in [0.29, 0.717) is 35.7 Å². The molecule has 0 spiro atoms. The lowest BCUT2D eigenvalue weighted by Crippen LogP contribution is -2.45. The first-order valence-corrected chi connectivity index (χ1v) is 13.7. The highest BCUT2D eigenvalue weighted by Crippen LogP contribution is 2.65. The lowest BCUT2D eigenvalue weighted by atomic mass is 9.50. The molecule has 0 heterocycles. The largest absolute Gasteiger partial charge is 0.500 e. The number of hydrogen-bond acceptors (Lipinski definition) is 3. The number of carbonyl (C=O) groups excluding carboxylic acids is 1. The van der Waals surface area contributed by atoms with Gasteiger partial charge >= 0.3 is 0 Å². The maximum atomic E-state index is 13.1. The molecule has 4 aliphatic rings. The second-order valence-electron chi connectivity index (χ2n) is 11.0. The van der Waals surface area contributed by atoms with E-state index in [1.165, 1.54) is 17.6 Å². The van der Waals surface area contributed by atoms with E-state index < -0.39 is 10.8 Å². The molecule has 0 radical (unpaired) electrons. The molecule has 2 unspecified atom stereocenters. The molecule has 5 rings (SSSR count). The topological polar surface area (TPSA) is 43.4 Å². The predicted octanol–water partition coefficient (Wildman–Crippen LogP) is 6.39. The van der Waals surface area contributed by atoms with Gasteiger partial charge in [-0.05, 0) is 79.1 Å². The van der Waals surface area contributed by atoms with Gasteiger partial charge in [0.1, 0.15) is 5.76 Å². The fraction of sp³-hybridized carbons (Fsp3) is 0.552. The van der Waals surface area contributed by atoms with Crippen LogP contribution in [0.25, 0.3) is 0 Å². The van der Waals surface area contributed by atoms with Crippen LogP contribution in [0.2, 0.25) is 0 Å². The summed E-state index contributed by atoms with van der Waals surface area (Å²) < 4.78 is 19.0. The van der Waals surface area contributed by atoms with Gasteiger partial charge in [-0.2, -0.15) is 0 Å². The van der Waals surface area contributed by atoms with Crippen molar-refractivity contribution in [3.63, 3.8) is 0 Å². The lowest BCUT2D eigenvalue weighted by Gasteiger charge is -2.54. The Bertz CT molecular complexity index is 1080. The minimum Gasteiger partial charge on any atom is -0.500 e. The number of fused-ring (bicyclic) bond motifs is 5. The molecule has 2 fully saturated rings. The second-order valence-corrected chi connectivity index (χ2v) is 12.4. The summed E-state index contributed by atoms with van der Waals surface area (Å²) in [4.78, 5) is 13.1. The first kappa shape index (κ1) is 22.8. The molecule has 4 aliphatic carbocycles. The summed E-state index contributed by atoms with van der Waals surface area (Å²) in [5.41, 5.74) is 4.45. The first-order chi connectivity index (χ1) is 15.8. The highest BCUT2D eigenvalue weighted by molar-refractivity contribution is 7.85. The Hall–Kier alpha value is -1.94. The number of ether oxygens (including phenoxy) is 1. The highest BCUT2D eigenvalue weighted by Gasteiger charge is 2.56. The zero-order valence-electron chi connectivity index (χ0n) is 20.4. The molecule has 0 aliphatic heterocycles.